The molecule has 2 heterocycles. The predicted molar refractivity (Wildman–Crippen MR) is 62.7 cm³/mol. The Balaban J connectivity index is 1.72. The molecule has 5 heteroatoms. The van der Waals surface area contributed by atoms with Gasteiger partial charge >= 0.3 is 0 Å². The highest BCUT2D eigenvalue weighted by Gasteiger charge is 2.24. The third-order valence-electron chi connectivity index (χ3n) is 3.35. The van der Waals surface area contributed by atoms with Crippen LogP contribution in [0.4, 0.5) is 0 Å². The number of ketones is 1. The van der Waals surface area contributed by atoms with E-state index < -0.39 is 0 Å². The summed E-state index contributed by atoms with van der Waals surface area (Å²) in [6, 6.07) is 1.78. The second-order valence-corrected chi connectivity index (χ2v) is 4.64. The number of nitrogens with zero attached hydrogens (tertiary/aromatic N) is 2. The van der Waals surface area contributed by atoms with Crippen LogP contribution in [0.5, 0.6) is 0 Å². The van der Waals surface area contributed by atoms with E-state index in [2.05, 4.69) is 10.1 Å². The molecule has 0 saturated heterocycles. The zero-order valence-electron chi connectivity index (χ0n) is 9.96. The van der Waals surface area contributed by atoms with Crippen molar-refractivity contribution in [1.29, 1.82) is 0 Å². The van der Waals surface area contributed by atoms with Crippen molar-refractivity contribution in [2.45, 2.75) is 32.1 Å². The molecule has 0 amide bonds. The summed E-state index contributed by atoms with van der Waals surface area (Å²) in [7, 11) is 0. The quantitative estimate of drug-likeness (QED) is 0.832. The lowest BCUT2D eigenvalue weighted by Gasteiger charge is -2.18. The van der Waals surface area contributed by atoms with Crippen LogP contribution in [-0.4, -0.2) is 15.9 Å². The van der Waals surface area contributed by atoms with E-state index in [9.17, 15) is 4.79 Å². The maximum Gasteiger partial charge on any atom is 0.227 e. The Bertz CT molecular complexity index is 530. The van der Waals surface area contributed by atoms with Gasteiger partial charge in [-0.3, -0.25) is 4.79 Å². The molecule has 0 radical (unpaired) electrons. The van der Waals surface area contributed by atoms with E-state index in [4.69, 9.17) is 8.94 Å². The number of hydrogen-bond acceptors (Lipinski definition) is 5. The molecule has 1 aliphatic rings. The summed E-state index contributed by atoms with van der Waals surface area (Å²) in [6.07, 6.45) is 7.44. The first-order valence-corrected chi connectivity index (χ1v) is 6.21. The Morgan fingerprint density at radius 3 is 3.11 bits per heavy atom. The van der Waals surface area contributed by atoms with E-state index in [0.29, 0.717) is 30.3 Å². The van der Waals surface area contributed by atoms with Gasteiger partial charge in [0.15, 0.2) is 0 Å². The highest BCUT2D eigenvalue weighted by Crippen LogP contribution is 2.24. The monoisotopic (exact) mass is 246 g/mol. The summed E-state index contributed by atoms with van der Waals surface area (Å²) in [4.78, 5) is 16.0. The minimum Gasteiger partial charge on any atom is -0.472 e. The summed E-state index contributed by atoms with van der Waals surface area (Å²) < 4.78 is 10.2. The van der Waals surface area contributed by atoms with Crippen LogP contribution in [0.1, 0.15) is 31.6 Å². The topological polar surface area (TPSA) is 69.1 Å². The van der Waals surface area contributed by atoms with Crippen molar-refractivity contribution in [1.82, 2.24) is 10.1 Å². The SMILES string of the molecule is O=C1CCCCC1Cc1nc(-c2ccoc2)no1. The van der Waals surface area contributed by atoms with Crippen molar-refractivity contribution in [3.8, 4) is 11.4 Å². The summed E-state index contributed by atoms with van der Waals surface area (Å²) in [5, 5.41) is 3.89. The fraction of sp³-hybridized carbons (Fsp3) is 0.462. The van der Waals surface area contributed by atoms with Gasteiger partial charge in [0.25, 0.3) is 0 Å². The van der Waals surface area contributed by atoms with Gasteiger partial charge in [-0.2, -0.15) is 4.98 Å². The number of furan rings is 1. The van der Waals surface area contributed by atoms with Crippen molar-refractivity contribution in [3.63, 3.8) is 0 Å². The first-order chi connectivity index (χ1) is 8.83. The van der Waals surface area contributed by atoms with Crippen molar-refractivity contribution >= 4 is 5.78 Å². The fourth-order valence-corrected chi connectivity index (χ4v) is 2.33. The average molecular weight is 246 g/mol. The van der Waals surface area contributed by atoms with E-state index in [-0.39, 0.29) is 5.92 Å². The Morgan fingerprint density at radius 2 is 2.33 bits per heavy atom. The normalized spacial score (nSPS) is 20.2. The molecule has 1 saturated carbocycles. The standard InChI is InChI=1S/C13H14N2O3/c16-11-4-2-1-3-9(11)7-12-14-13(15-18-12)10-5-6-17-8-10/h5-6,8-9H,1-4,7H2. The van der Waals surface area contributed by atoms with Crippen LogP contribution in [0.2, 0.25) is 0 Å². The molecule has 1 fully saturated rings. The Hall–Kier alpha value is -1.91. The molecule has 2 aromatic rings. The van der Waals surface area contributed by atoms with Crippen molar-refractivity contribution in [2.24, 2.45) is 5.92 Å². The van der Waals surface area contributed by atoms with Crippen LogP contribution in [0.15, 0.2) is 27.5 Å². The van der Waals surface area contributed by atoms with Crippen molar-refractivity contribution < 1.29 is 13.7 Å². The first-order valence-electron chi connectivity index (χ1n) is 6.21. The highest BCUT2D eigenvalue weighted by atomic mass is 16.5. The molecule has 0 bridgehead atoms. The Labute approximate surface area is 104 Å². The zero-order valence-corrected chi connectivity index (χ0v) is 9.96. The van der Waals surface area contributed by atoms with E-state index in [1.54, 1.807) is 18.6 Å². The minimum atomic E-state index is 0.0522. The van der Waals surface area contributed by atoms with Gasteiger partial charge in [-0.25, -0.2) is 0 Å². The summed E-state index contributed by atoms with van der Waals surface area (Å²) in [5.41, 5.74) is 0.792. The second-order valence-electron chi connectivity index (χ2n) is 4.64. The molecule has 5 nitrogen and oxygen atoms in total. The van der Waals surface area contributed by atoms with Crippen molar-refractivity contribution in [2.75, 3.05) is 0 Å². The minimum absolute atomic E-state index is 0.0522. The van der Waals surface area contributed by atoms with E-state index in [1.807, 2.05) is 0 Å². The average Bonchev–Trinajstić information content (AvgIpc) is 3.02. The maximum absolute atomic E-state index is 11.7. The van der Waals surface area contributed by atoms with Gasteiger partial charge < -0.3 is 8.94 Å². The Kier molecular flexibility index (Phi) is 2.96. The molecule has 0 aliphatic heterocycles. The van der Waals surface area contributed by atoms with Gasteiger partial charge in [-0.1, -0.05) is 11.6 Å². The smallest absolute Gasteiger partial charge is 0.227 e. The Morgan fingerprint density at radius 1 is 1.39 bits per heavy atom. The van der Waals surface area contributed by atoms with Crippen LogP contribution in [0.25, 0.3) is 11.4 Å². The molecule has 1 aliphatic carbocycles. The van der Waals surface area contributed by atoms with Crippen LogP contribution in [0.3, 0.4) is 0 Å². The second kappa shape index (κ2) is 4.76. The molecule has 0 spiro atoms. The van der Waals surface area contributed by atoms with Gasteiger partial charge in [-0.15, -0.1) is 0 Å². The van der Waals surface area contributed by atoms with Gasteiger partial charge in [0.1, 0.15) is 12.0 Å². The van der Waals surface area contributed by atoms with Crippen LogP contribution in [-0.2, 0) is 11.2 Å². The summed E-state index contributed by atoms with van der Waals surface area (Å²) >= 11 is 0. The summed E-state index contributed by atoms with van der Waals surface area (Å²) in [5.74, 6) is 1.43. The molecule has 94 valence electrons. The van der Waals surface area contributed by atoms with E-state index >= 15 is 0 Å². The fourth-order valence-electron chi connectivity index (χ4n) is 2.33. The molecule has 2 aromatic heterocycles. The molecule has 0 aromatic carbocycles. The lowest BCUT2D eigenvalue weighted by Crippen LogP contribution is -2.21. The lowest BCUT2D eigenvalue weighted by atomic mass is 9.86. The lowest BCUT2D eigenvalue weighted by molar-refractivity contribution is -0.124. The molecule has 3 rings (SSSR count). The van der Waals surface area contributed by atoms with E-state index in [1.165, 1.54) is 0 Å². The number of Topliss-reactive ketones (excluding diaryl/α,β-unsaturated/α-hetero) is 1. The molecular weight excluding hydrogens is 232 g/mol. The van der Waals surface area contributed by atoms with Crippen LogP contribution < -0.4 is 0 Å². The van der Waals surface area contributed by atoms with Gasteiger partial charge in [0, 0.05) is 18.8 Å². The molecule has 1 atom stereocenters. The van der Waals surface area contributed by atoms with Crippen LogP contribution in [0, 0.1) is 5.92 Å². The van der Waals surface area contributed by atoms with E-state index in [0.717, 1.165) is 24.8 Å². The van der Waals surface area contributed by atoms with Crippen molar-refractivity contribution in [3.05, 3.63) is 24.5 Å². The van der Waals surface area contributed by atoms with Crippen LogP contribution >= 0.6 is 0 Å². The third-order valence-corrected chi connectivity index (χ3v) is 3.35. The van der Waals surface area contributed by atoms with Gasteiger partial charge in [0.2, 0.25) is 11.7 Å². The molecule has 1 unspecified atom stereocenters. The van der Waals surface area contributed by atoms with Gasteiger partial charge in [-0.05, 0) is 18.9 Å². The number of carbonyl (C=O) groups excluding carboxylic acids is 1. The highest BCUT2D eigenvalue weighted by molar-refractivity contribution is 5.81. The van der Waals surface area contributed by atoms with Gasteiger partial charge in [0.05, 0.1) is 11.8 Å². The maximum atomic E-state index is 11.7. The molecule has 18 heavy (non-hydrogen) atoms. The first kappa shape index (κ1) is 11.2. The molecule has 0 N–H and O–H groups in total. The third kappa shape index (κ3) is 2.20. The number of rotatable bonds is 3. The zero-order chi connectivity index (χ0) is 12.4. The largest absolute Gasteiger partial charge is 0.472 e. The molecular formula is C13H14N2O3. The number of carbonyl (C=O) groups is 1. The number of aromatic nitrogens is 2. The summed E-state index contributed by atoms with van der Waals surface area (Å²) in [6.45, 7) is 0. The number of hydrogen-bond donors (Lipinski definition) is 0. The predicted octanol–water partition coefficient (Wildman–Crippen LogP) is 2.63.